The van der Waals surface area contributed by atoms with E-state index in [2.05, 4.69) is 10.0 Å². The van der Waals surface area contributed by atoms with E-state index in [0.29, 0.717) is 0 Å². The Balaban J connectivity index is 2.34. The molecule has 0 unspecified atom stereocenters. The van der Waals surface area contributed by atoms with Gasteiger partial charge in [-0.3, -0.25) is 9.52 Å². The minimum absolute atomic E-state index is 0.140. The van der Waals surface area contributed by atoms with Gasteiger partial charge in [-0.25, -0.2) is 8.42 Å². The molecule has 2 rings (SSSR count). The molecule has 0 bridgehead atoms. The SMILES string of the molecule is CNC(=O)c1cc(NS(=O)(=O)c2ccccc2)ccc1Cl. The molecule has 21 heavy (non-hydrogen) atoms. The number of halogens is 1. The predicted octanol–water partition coefficient (Wildman–Crippen LogP) is 2.50. The zero-order valence-electron chi connectivity index (χ0n) is 11.1. The predicted molar refractivity (Wildman–Crippen MR) is 82.1 cm³/mol. The van der Waals surface area contributed by atoms with E-state index in [1.165, 1.54) is 37.4 Å². The number of rotatable bonds is 4. The van der Waals surface area contributed by atoms with Crippen molar-refractivity contribution < 1.29 is 13.2 Å². The Bertz CT molecular complexity index is 761. The summed E-state index contributed by atoms with van der Waals surface area (Å²) in [7, 11) is -2.23. The highest BCUT2D eigenvalue weighted by molar-refractivity contribution is 7.92. The van der Waals surface area contributed by atoms with Crippen LogP contribution in [0.5, 0.6) is 0 Å². The number of sulfonamides is 1. The van der Waals surface area contributed by atoms with Crippen LogP contribution < -0.4 is 10.0 Å². The first-order chi connectivity index (χ1) is 9.94. The van der Waals surface area contributed by atoms with Gasteiger partial charge in [-0.1, -0.05) is 29.8 Å². The fourth-order valence-corrected chi connectivity index (χ4v) is 2.99. The van der Waals surface area contributed by atoms with Gasteiger partial charge in [0, 0.05) is 12.7 Å². The van der Waals surface area contributed by atoms with Crippen LogP contribution in [0.15, 0.2) is 53.4 Å². The smallest absolute Gasteiger partial charge is 0.261 e. The number of anilines is 1. The van der Waals surface area contributed by atoms with Crippen LogP contribution in [0.25, 0.3) is 0 Å². The Morgan fingerprint density at radius 2 is 1.76 bits per heavy atom. The lowest BCUT2D eigenvalue weighted by Crippen LogP contribution is -2.19. The summed E-state index contributed by atoms with van der Waals surface area (Å²) < 4.78 is 26.8. The Morgan fingerprint density at radius 1 is 1.10 bits per heavy atom. The molecule has 0 aliphatic rings. The fraction of sp³-hybridized carbons (Fsp3) is 0.0714. The lowest BCUT2D eigenvalue weighted by atomic mass is 10.2. The molecule has 0 aromatic heterocycles. The average molecular weight is 325 g/mol. The lowest BCUT2D eigenvalue weighted by molar-refractivity contribution is 0.0963. The van der Waals surface area contributed by atoms with Crippen LogP contribution >= 0.6 is 11.6 Å². The summed E-state index contributed by atoms with van der Waals surface area (Å²) in [6.07, 6.45) is 0. The van der Waals surface area contributed by atoms with Gasteiger partial charge in [-0.05, 0) is 30.3 Å². The van der Waals surface area contributed by atoms with Gasteiger partial charge in [0.2, 0.25) is 0 Å². The minimum atomic E-state index is -3.70. The Hall–Kier alpha value is -2.05. The third-order valence-electron chi connectivity index (χ3n) is 2.74. The highest BCUT2D eigenvalue weighted by Crippen LogP contribution is 2.22. The number of hydrogen-bond acceptors (Lipinski definition) is 3. The molecule has 1 amide bonds. The Kier molecular flexibility index (Phi) is 4.50. The van der Waals surface area contributed by atoms with E-state index in [-0.39, 0.29) is 27.1 Å². The molecule has 0 aliphatic carbocycles. The topological polar surface area (TPSA) is 75.3 Å². The maximum Gasteiger partial charge on any atom is 0.261 e. The molecule has 0 saturated heterocycles. The molecular weight excluding hydrogens is 312 g/mol. The monoisotopic (exact) mass is 324 g/mol. The van der Waals surface area contributed by atoms with Crippen molar-refractivity contribution in [1.29, 1.82) is 0 Å². The second-order valence-electron chi connectivity index (χ2n) is 4.19. The summed E-state index contributed by atoms with van der Waals surface area (Å²) in [4.78, 5) is 11.8. The van der Waals surface area contributed by atoms with Crippen molar-refractivity contribution in [3.63, 3.8) is 0 Å². The van der Waals surface area contributed by atoms with E-state index in [9.17, 15) is 13.2 Å². The number of amides is 1. The van der Waals surface area contributed by atoms with Crippen LogP contribution in [0.4, 0.5) is 5.69 Å². The van der Waals surface area contributed by atoms with Gasteiger partial charge in [0.05, 0.1) is 15.5 Å². The van der Waals surface area contributed by atoms with Crippen LogP contribution in [0, 0.1) is 0 Å². The van der Waals surface area contributed by atoms with Gasteiger partial charge >= 0.3 is 0 Å². The highest BCUT2D eigenvalue weighted by atomic mass is 35.5. The maximum absolute atomic E-state index is 12.2. The molecule has 0 radical (unpaired) electrons. The van der Waals surface area contributed by atoms with Crippen molar-refractivity contribution in [3.8, 4) is 0 Å². The second kappa shape index (κ2) is 6.15. The van der Waals surface area contributed by atoms with Gasteiger partial charge in [0.25, 0.3) is 15.9 Å². The maximum atomic E-state index is 12.2. The molecule has 0 fully saturated rings. The first kappa shape index (κ1) is 15.3. The minimum Gasteiger partial charge on any atom is -0.355 e. The van der Waals surface area contributed by atoms with Crippen molar-refractivity contribution in [3.05, 3.63) is 59.1 Å². The number of nitrogens with one attached hydrogen (secondary N) is 2. The molecular formula is C14H13ClN2O3S. The molecule has 110 valence electrons. The van der Waals surface area contributed by atoms with Crippen LogP contribution in [-0.4, -0.2) is 21.4 Å². The van der Waals surface area contributed by atoms with Gasteiger partial charge in [-0.2, -0.15) is 0 Å². The summed E-state index contributed by atoms with van der Waals surface area (Å²) in [5, 5.41) is 2.69. The molecule has 0 saturated carbocycles. The molecule has 0 aliphatic heterocycles. The van der Waals surface area contributed by atoms with E-state index in [4.69, 9.17) is 11.6 Å². The number of benzene rings is 2. The summed E-state index contributed by atoms with van der Waals surface area (Å²) in [6, 6.07) is 12.3. The molecule has 7 heteroatoms. The second-order valence-corrected chi connectivity index (χ2v) is 6.28. The number of carbonyl (C=O) groups excluding carboxylic acids is 1. The Morgan fingerprint density at radius 3 is 2.38 bits per heavy atom. The molecule has 2 aromatic rings. The standard InChI is InChI=1S/C14H13ClN2O3S/c1-16-14(18)12-9-10(7-8-13(12)15)17-21(19,20)11-5-3-2-4-6-11/h2-9,17H,1H3,(H,16,18). The van der Waals surface area contributed by atoms with Gasteiger partial charge in [-0.15, -0.1) is 0 Å². The summed E-state index contributed by atoms with van der Waals surface area (Å²) >= 11 is 5.92. The molecule has 2 N–H and O–H groups in total. The van der Waals surface area contributed by atoms with Crippen molar-refractivity contribution in [2.24, 2.45) is 0 Å². The highest BCUT2D eigenvalue weighted by Gasteiger charge is 2.15. The van der Waals surface area contributed by atoms with E-state index in [0.717, 1.165) is 0 Å². The summed E-state index contributed by atoms with van der Waals surface area (Å²) in [6.45, 7) is 0. The third-order valence-corrected chi connectivity index (χ3v) is 4.47. The van der Waals surface area contributed by atoms with E-state index in [1.807, 2.05) is 0 Å². The third kappa shape index (κ3) is 3.53. The van der Waals surface area contributed by atoms with Crippen LogP contribution in [0.1, 0.15) is 10.4 Å². The summed E-state index contributed by atoms with van der Waals surface area (Å²) in [5.74, 6) is -0.388. The lowest BCUT2D eigenvalue weighted by Gasteiger charge is -2.10. The van der Waals surface area contributed by atoms with Crippen molar-refractivity contribution >= 4 is 33.2 Å². The molecule has 2 aromatic carbocycles. The first-order valence-corrected chi connectivity index (χ1v) is 7.89. The molecule has 0 heterocycles. The number of hydrogen-bond donors (Lipinski definition) is 2. The molecule has 5 nitrogen and oxygen atoms in total. The van der Waals surface area contributed by atoms with Crippen molar-refractivity contribution in [2.75, 3.05) is 11.8 Å². The fourth-order valence-electron chi connectivity index (χ4n) is 1.71. The first-order valence-electron chi connectivity index (χ1n) is 6.03. The van der Waals surface area contributed by atoms with E-state index >= 15 is 0 Å². The normalized spacial score (nSPS) is 11.0. The largest absolute Gasteiger partial charge is 0.355 e. The Labute approximate surface area is 128 Å². The molecule has 0 atom stereocenters. The molecule has 0 spiro atoms. The quantitative estimate of drug-likeness (QED) is 0.907. The van der Waals surface area contributed by atoms with Gasteiger partial charge < -0.3 is 5.32 Å². The van der Waals surface area contributed by atoms with E-state index in [1.54, 1.807) is 18.2 Å². The number of carbonyl (C=O) groups is 1. The van der Waals surface area contributed by atoms with Gasteiger partial charge in [0.1, 0.15) is 0 Å². The summed E-state index contributed by atoms with van der Waals surface area (Å²) in [5.41, 5.74) is 0.467. The van der Waals surface area contributed by atoms with Crippen LogP contribution in [0.2, 0.25) is 5.02 Å². The van der Waals surface area contributed by atoms with Crippen molar-refractivity contribution in [1.82, 2.24) is 5.32 Å². The van der Waals surface area contributed by atoms with Crippen molar-refractivity contribution in [2.45, 2.75) is 4.90 Å². The van der Waals surface area contributed by atoms with E-state index < -0.39 is 10.0 Å². The van der Waals surface area contributed by atoms with Crippen LogP contribution in [0.3, 0.4) is 0 Å². The zero-order valence-corrected chi connectivity index (χ0v) is 12.7. The zero-order chi connectivity index (χ0) is 15.5. The van der Waals surface area contributed by atoms with Crippen LogP contribution in [-0.2, 0) is 10.0 Å². The average Bonchev–Trinajstić information content (AvgIpc) is 2.49. The van der Waals surface area contributed by atoms with Gasteiger partial charge in [0.15, 0.2) is 0 Å².